The molecule has 2 rings (SSSR count). The van der Waals surface area contributed by atoms with Gasteiger partial charge in [0.1, 0.15) is 4.88 Å². The zero-order valence-corrected chi connectivity index (χ0v) is 9.08. The molecule has 6 heteroatoms. The molecule has 0 aliphatic heterocycles. The molecule has 0 radical (unpaired) electrons. The highest BCUT2D eigenvalue weighted by Crippen LogP contribution is 2.34. The van der Waals surface area contributed by atoms with Gasteiger partial charge in [-0.2, -0.15) is 0 Å². The van der Waals surface area contributed by atoms with E-state index < -0.39 is 5.97 Å². The van der Waals surface area contributed by atoms with E-state index in [-0.39, 0.29) is 16.3 Å². The van der Waals surface area contributed by atoms with Crippen LogP contribution in [0.3, 0.4) is 0 Å². The number of carbonyl (C=O) groups is 2. The molecule has 2 aromatic rings. The molecular formula is C10H7NO4S. The van der Waals surface area contributed by atoms with E-state index >= 15 is 0 Å². The molecule has 0 saturated heterocycles. The van der Waals surface area contributed by atoms with Gasteiger partial charge < -0.3 is 9.84 Å². The van der Waals surface area contributed by atoms with Crippen molar-refractivity contribution in [1.82, 2.24) is 4.98 Å². The number of carbonyl (C=O) groups excluding carboxylic acids is 1. The van der Waals surface area contributed by atoms with Crippen molar-refractivity contribution in [2.24, 2.45) is 0 Å². The normalized spacial score (nSPS) is 10.3. The number of aromatic nitrogens is 1. The van der Waals surface area contributed by atoms with Crippen LogP contribution in [0.1, 0.15) is 20.0 Å². The number of ether oxygens (including phenoxy) is 1. The average Bonchev–Trinajstić information content (AvgIpc) is 2.67. The summed E-state index contributed by atoms with van der Waals surface area (Å²) in [6, 6.07) is 1.65. The first-order valence-electron chi connectivity index (χ1n) is 4.33. The van der Waals surface area contributed by atoms with Crippen molar-refractivity contribution in [2.45, 2.75) is 0 Å². The van der Waals surface area contributed by atoms with Gasteiger partial charge in [0.05, 0.1) is 18.1 Å². The first-order chi connectivity index (χ1) is 7.69. The zero-order chi connectivity index (χ0) is 11.7. The molecule has 0 aliphatic carbocycles. The lowest BCUT2D eigenvalue weighted by Crippen LogP contribution is -1.97. The Hall–Kier alpha value is -1.95. The third-order valence-electron chi connectivity index (χ3n) is 2.11. The first kappa shape index (κ1) is 10.6. The van der Waals surface area contributed by atoms with Gasteiger partial charge in [-0.15, -0.1) is 11.3 Å². The number of aldehydes is 1. The van der Waals surface area contributed by atoms with E-state index in [2.05, 4.69) is 4.98 Å². The Balaban J connectivity index is 2.88. The molecule has 0 fully saturated rings. The largest absolute Gasteiger partial charge is 0.481 e. The lowest BCUT2D eigenvalue weighted by molar-refractivity contribution is 0.0699. The molecule has 5 nitrogen and oxygen atoms in total. The summed E-state index contributed by atoms with van der Waals surface area (Å²) in [4.78, 5) is 25.8. The molecule has 16 heavy (non-hydrogen) atoms. The molecule has 0 amide bonds. The minimum absolute atomic E-state index is 0.0105. The van der Waals surface area contributed by atoms with Crippen LogP contribution in [0.15, 0.2) is 12.3 Å². The van der Waals surface area contributed by atoms with Crippen LogP contribution in [-0.4, -0.2) is 29.5 Å². The molecule has 82 valence electrons. The second kappa shape index (κ2) is 3.90. The molecule has 0 aromatic carbocycles. The van der Waals surface area contributed by atoms with Gasteiger partial charge in [0.25, 0.3) is 0 Å². The fourth-order valence-electron chi connectivity index (χ4n) is 1.46. The highest BCUT2D eigenvalue weighted by atomic mass is 32.1. The monoisotopic (exact) mass is 237 g/mol. The van der Waals surface area contributed by atoms with Gasteiger partial charge in [0.2, 0.25) is 5.88 Å². The standard InChI is InChI=1S/C10H7NO4S/c1-15-9-7-5(4-12)8(10(13)14)16-6(7)2-3-11-9/h2-4H,1H3,(H,13,14). The number of methoxy groups -OCH3 is 1. The highest BCUT2D eigenvalue weighted by Gasteiger charge is 2.20. The molecule has 0 atom stereocenters. The van der Waals surface area contributed by atoms with Gasteiger partial charge in [0, 0.05) is 10.9 Å². The minimum Gasteiger partial charge on any atom is -0.481 e. The van der Waals surface area contributed by atoms with Gasteiger partial charge in [-0.05, 0) is 6.07 Å². The fraction of sp³-hybridized carbons (Fsp3) is 0.100. The number of pyridine rings is 1. The minimum atomic E-state index is -1.12. The molecular weight excluding hydrogens is 230 g/mol. The number of hydrogen-bond donors (Lipinski definition) is 1. The predicted octanol–water partition coefficient (Wildman–Crippen LogP) is 1.82. The van der Waals surface area contributed by atoms with Crippen LogP contribution in [-0.2, 0) is 0 Å². The number of nitrogens with zero attached hydrogens (tertiary/aromatic N) is 1. The molecule has 0 saturated carbocycles. The predicted molar refractivity (Wildman–Crippen MR) is 58.5 cm³/mol. The Morgan fingerprint density at radius 2 is 2.38 bits per heavy atom. The molecule has 0 bridgehead atoms. The van der Waals surface area contributed by atoms with E-state index in [4.69, 9.17) is 9.84 Å². The van der Waals surface area contributed by atoms with E-state index in [1.54, 1.807) is 6.07 Å². The van der Waals surface area contributed by atoms with E-state index in [0.717, 1.165) is 11.3 Å². The van der Waals surface area contributed by atoms with Crippen LogP contribution < -0.4 is 4.74 Å². The SMILES string of the molecule is COc1nccc2sc(C(=O)O)c(C=O)c12. The first-order valence-corrected chi connectivity index (χ1v) is 5.14. The van der Waals surface area contributed by atoms with Crippen LogP contribution in [0.4, 0.5) is 0 Å². The number of carboxylic acids is 1. The highest BCUT2D eigenvalue weighted by molar-refractivity contribution is 7.21. The Labute approximate surface area is 94.3 Å². The van der Waals surface area contributed by atoms with Crippen molar-refractivity contribution in [2.75, 3.05) is 7.11 Å². The molecule has 0 unspecified atom stereocenters. The number of fused-ring (bicyclic) bond motifs is 1. The quantitative estimate of drug-likeness (QED) is 0.824. The summed E-state index contributed by atoms with van der Waals surface area (Å²) in [5, 5.41) is 9.41. The molecule has 0 spiro atoms. The van der Waals surface area contributed by atoms with Crippen molar-refractivity contribution in [1.29, 1.82) is 0 Å². The summed E-state index contributed by atoms with van der Waals surface area (Å²) in [6.45, 7) is 0. The van der Waals surface area contributed by atoms with Gasteiger partial charge in [-0.25, -0.2) is 9.78 Å². The Morgan fingerprint density at radius 3 is 2.94 bits per heavy atom. The maximum Gasteiger partial charge on any atom is 0.346 e. The lowest BCUT2D eigenvalue weighted by atomic mass is 10.2. The summed E-state index contributed by atoms with van der Waals surface area (Å²) < 4.78 is 5.68. The smallest absolute Gasteiger partial charge is 0.346 e. The molecule has 1 N–H and O–H groups in total. The van der Waals surface area contributed by atoms with Gasteiger partial charge in [-0.3, -0.25) is 4.79 Å². The Morgan fingerprint density at radius 1 is 1.62 bits per heavy atom. The number of hydrogen-bond acceptors (Lipinski definition) is 5. The number of carboxylic acid groups (broad SMARTS) is 1. The van der Waals surface area contributed by atoms with E-state index in [0.29, 0.717) is 16.4 Å². The summed E-state index contributed by atoms with van der Waals surface area (Å²) in [6.07, 6.45) is 2.03. The van der Waals surface area contributed by atoms with Crippen molar-refractivity contribution >= 4 is 33.7 Å². The Bertz CT molecular complexity index is 575. The van der Waals surface area contributed by atoms with E-state index in [9.17, 15) is 9.59 Å². The Kier molecular flexibility index (Phi) is 2.57. The summed E-state index contributed by atoms with van der Waals surface area (Å²) in [5.74, 6) is -0.853. The number of thiophene rings is 1. The van der Waals surface area contributed by atoms with Gasteiger partial charge >= 0.3 is 5.97 Å². The van der Waals surface area contributed by atoms with Crippen LogP contribution in [0, 0.1) is 0 Å². The topological polar surface area (TPSA) is 76.5 Å². The lowest BCUT2D eigenvalue weighted by Gasteiger charge is -1.99. The van der Waals surface area contributed by atoms with Crippen LogP contribution in [0.25, 0.3) is 10.1 Å². The van der Waals surface area contributed by atoms with Crippen LogP contribution in [0.5, 0.6) is 5.88 Å². The zero-order valence-electron chi connectivity index (χ0n) is 8.26. The van der Waals surface area contributed by atoms with Crippen LogP contribution >= 0.6 is 11.3 Å². The average molecular weight is 237 g/mol. The van der Waals surface area contributed by atoms with Crippen molar-refractivity contribution in [3.8, 4) is 5.88 Å². The molecule has 0 aliphatic rings. The van der Waals surface area contributed by atoms with Crippen molar-refractivity contribution in [3.05, 3.63) is 22.7 Å². The fourth-order valence-corrected chi connectivity index (χ4v) is 2.46. The summed E-state index contributed by atoms with van der Waals surface area (Å²) in [7, 11) is 1.43. The van der Waals surface area contributed by atoms with E-state index in [1.165, 1.54) is 13.3 Å². The second-order valence-electron chi connectivity index (χ2n) is 2.96. The van der Waals surface area contributed by atoms with Gasteiger partial charge in [-0.1, -0.05) is 0 Å². The summed E-state index contributed by atoms with van der Waals surface area (Å²) >= 11 is 1.04. The number of rotatable bonds is 3. The van der Waals surface area contributed by atoms with Crippen molar-refractivity contribution in [3.63, 3.8) is 0 Å². The number of aromatic carboxylic acids is 1. The molecule has 2 aromatic heterocycles. The van der Waals surface area contributed by atoms with Crippen molar-refractivity contribution < 1.29 is 19.4 Å². The maximum absolute atomic E-state index is 10.9. The molecule has 2 heterocycles. The van der Waals surface area contributed by atoms with Crippen LogP contribution in [0.2, 0.25) is 0 Å². The third-order valence-corrected chi connectivity index (χ3v) is 3.27. The third kappa shape index (κ3) is 1.43. The maximum atomic E-state index is 10.9. The second-order valence-corrected chi connectivity index (χ2v) is 4.01. The summed E-state index contributed by atoms with van der Waals surface area (Å²) in [5.41, 5.74) is 0.123. The van der Waals surface area contributed by atoms with E-state index in [1.807, 2.05) is 0 Å². The van der Waals surface area contributed by atoms with Gasteiger partial charge in [0.15, 0.2) is 6.29 Å².